The fourth-order valence-corrected chi connectivity index (χ4v) is 3.05. The highest BCUT2D eigenvalue weighted by molar-refractivity contribution is 6.30. The van der Waals surface area contributed by atoms with Crippen LogP contribution in [0, 0.1) is 0 Å². The molecule has 0 atom stereocenters. The molecule has 0 saturated carbocycles. The van der Waals surface area contributed by atoms with Crippen LogP contribution in [0.1, 0.15) is 0 Å². The maximum atomic E-state index is 13.2. The van der Waals surface area contributed by atoms with E-state index in [9.17, 15) is 4.79 Å². The summed E-state index contributed by atoms with van der Waals surface area (Å²) >= 11 is 6.02. The lowest BCUT2D eigenvalue weighted by molar-refractivity contribution is 0.381. The first-order valence-corrected chi connectivity index (χ1v) is 8.56. The smallest absolute Gasteiger partial charge is 0.262 e. The summed E-state index contributed by atoms with van der Waals surface area (Å²) in [6, 6.07) is 9.17. The molecule has 0 spiro atoms. The Morgan fingerprint density at radius 2 is 1.92 bits per heavy atom. The Hall–Kier alpha value is -2.77. The monoisotopic (exact) mass is 368 g/mol. The van der Waals surface area contributed by atoms with E-state index in [0.29, 0.717) is 33.9 Å². The average molecular weight is 369 g/mol. The van der Waals surface area contributed by atoms with E-state index in [-0.39, 0.29) is 5.56 Å². The van der Waals surface area contributed by atoms with Crippen molar-refractivity contribution in [2.75, 3.05) is 20.6 Å². The fraction of sp³-hybridized carbons (Fsp3) is 0.222. The number of pyridine rings is 1. The Morgan fingerprint density at radius 3 is 2.65 bits per heavy atom. The molecule has 0 unspecified atom stereocenters. The van der Waals surface area contributed by atoms with Crippen LogP contribution >= 0.6 is 11.6 Å². The topological polar surface area (TPSA) is 68.3 Å². The van der Waals surface area contributed by atoms with Crippen LogP contribution in [0.3, 0.4) is 0 Å². The summed E-state index contributed by atoms with van der Waals surface area (Å²) in [7, 11) is 3.96. The van der Waals surface area contributed by atoms with Gasteiger partial charge in [-0.15, -0.1) is 0 Å². The number of hydrogen-bond acceptors (Lipinski definition) is 5. The van der Waals surface area contributed by atoms with Gasteiger partial charge in [0.1, 0.15) is 6.33 Å². The first-order valence-electron chi connectivity index (χ1n) is 8.18. The van der Waals surface area contributed by atoms with E-state index in [0.717, 1.165) is 12.1 Å². The van der Waals surface area contributed by atoms with E-state index < -0.39 is 0 Å². The van der Waals surface area contributed by atoms with E-state index >= 15 is 0 Å². The van der Waals surface area contributed by atoms with Crippen LogP contribution in [0.15, 0.2) is 47.7 Å². The van der Waals surface area contributed by atoms with E-state index in [1.165, 1.54) is 6.33 Å². The van der Waals surface area contributed by atoms with Gasteiger partial charge in [0.05, 0.1) is 16.6 Å². The van der Waals surface area contributed by atoms with Gasteiger partial charge in [0.2, 0.25) is 0 Å². The average Bonchev–Trinajstić information content (AvgIpc) is 3.08. The maximum Gasteiger partial charge on any atom is 0.262 e. The van der Waals surface area contributed by atoms with Crippen LogP contribution in [0.4, 0.5) is 0 Å². The van der Waals surface area contributed by atoms with Crippen LogP contribution in [0.25, 0.3) is 27.9 Å². The van der Waals surface area contributed by atoms with Gasteiger partial charge in [-0.05, 0) is 32.3 Å². The molecule has 0 N–H and O–H groups in total. The molecule has 7 nitrogen and oxygen atoms in total. The molecular formula is C18H17ClN6O. The van der Waals surface area contributed by atoms with Crippen LogP contribution < -0.4 is 5.56 Å². The lowest BCUT2D eigenvalue weighted by Crippen LogP contribution is -2.27. The molecule has 132 valence electrons. The second-order valence-electron chi connectivity index (χ2n) is 6.32. The molecule has 0 amide bonds. The molecule has 4 rings (SSSR count). The zero-order chi connectivity index (χ0) is 18.3. The van der Waals surface area contributed by atoms with Crippen molar-refractivity contribution in [2.45, 2.75) is 6.54 Å². The van der Waals surface area contributed by atoms with Crippen LogP contribution in [-0.4, -0.2) is 49.7 Å². The minimum atomic E-state index is -0.0980. The zero-order valence-electron chi connectivity index (χ0n) is 14.4. The number of fused-ring (bicyclic) bond motifs is 2. The second kappa shape index (κ2) is 6.51. The summed E-state index contributed by atoms with van der Waals surface area (Å²) in [6.45, 7) is 1.36. The maximum absolute atomic E-state index is 13.2. The minimum Gasteiger partial charge on any atom is -0.314 e. The third-order valence-electron chi connectivity index (χ3n) is 4.25. The summed E-state index contributed by atoms with van der Waals surface area (Å²) in [6.07, 6.45) is 3.21. The molecule has 0 radical (unpaired) electrons. The van der Waals surface area contributed by atoms with Crippen molar-refractivity contribution in [1.29, 1.82) is 0 Å². The van der Waals surface area contributed by atoms with Crippen LogP contribution in [-0.2, 0) is 6.54 Å². The lowest BCUT2D eigenvalue weighted by atomic mass is 10.1. The lowest BCUT2D eigenvalue weighted by Gasteiger charge is -2.13. The summed E-state index contributed by atoms with van der Waals surface area (Å²) < 4.78 is 3.30. The Bertz CT molecular complexity index is 1150. The summed E-state index contributed by atoms with van der Waals surface area (Å²) in [5.74, 6) is 0.452. The summed E-state index contributed by atoms with van der Waals surface area (Å²) in [5, 5.41) is 5.42. The molecular weight excluding hydrogens is 352 g/mol. The zero-order valence-corrected chi connectivity index (χ0v) is 15.2. The number of nitrogens with zero attached hydrogens (tertiary/aromatic N) is 6. The van der Waals surface area contributed by atoms with Crippen LogP contribution in [0.2, 0.25) is 5.02 Å². The molecule has 1 aromatic carbocycles. The largest absolute Gasteiger partial charge is 0.314 e. The highest BCUT2D eigenvalue weighted by atomic mass is 35.5. The quantitative estimate of drug-likeness (QED) is 0.553. The van der Waals surface area contributed by atoms with Gasteiger partial charge in [-0.3, -0.25) is 4.79 Å². The Labute approximate surface area is 154 Å². The molecule has 3 aromatic heterocycles. The van der Waals surface area contributed by atoms with Gasteiger partial charge in [0, 0.05) is 29.9 Å². The van der Waals surface area contributed by atoms with Crippen molar-refractivity contribution in [2.24, 2.45) is 0 Å². The first kappa shape index (κ1) is 16.7. The highest BCUT2D eigenvalue weighted by Crippen LogP contribution is 2.26. The molecule has 0 aliphatic carbocycles. The number of benzene rings is 1. The molecule has 0 aliphatic rings. The Kier molecular flexibility index (Phi) is 4.18. The number of rotatable bonds is 4. The summed E-state index contributed by atoms with van der Waals surface area (Å²) in [5.41, 5.74) is 2.00. The van der Waals surface area contributed by atoms with Crippen molar-refractivity contribution < 1.29 is 0 Å². The highest BCUT2D eigenvalue weighted by Gasteiger charge is 2.17. The van der Waals surface area contributed by atoms with Gasteiger partial charge in [-0.1, -0.05) is 23.7 Å². The van der Waals surface area contributed by atoms with Crippen LogP contribution in [0.5, 0.6) is 0 Å². The van der Waals surface area contributed by atoms with E-state index in [1.807, 2.05) is 37.2 Å². The van der Waals surface area contributed by atoms with Gasteiger partial charge in [0.25, 0.3) is 11.3 Å². The third kappa shape index (κ3) is 2.85. The molecule has 26 heavy (non-hydrogen) atoms. The normalized spacial score (nSPS) is 11.7. The van der Waals surface area contributed by atoms with Crippen molar-refractivity contribution in [3.63, 3.8) is 0 Å². The van der Waals surface area contributed by atoms with E-state index in [2.05, 4.69) is 15.1 Å². The minimum absolute atomic E-state index is 0.0980. The molecule has 0 saturated heterocycles. The SMILES string of the molecule is CN(C)CCn1ccc2nc3ncnn3c(-c3ccc(Cl)cc3)c2c1=O. The number of halogens is 1. The summed E-state index contributed by atoms with van der Waals surface area (Å²) in [4.78, 5) is 23.9. The van der Waals surface area contributed by atoms with E-state index in [1.54, 1.807) is 27.4 Å². The predicted octanol–water partition coefficient (Wildman–Crippen LogP) is 2.32. The number of hydrogen-bond donors (Lipinski definition) is 0. The first-order chi connectivity index (χ1) is 12.5. The number of likely N-dealkylation sites (N-methyl/N-ethyl adjacent to an activating group) is 1. The van der Waals surface area contributed by atoms with Gasteiger partial charge in [0.15, 0.2) is 0 Å². The van der Waals surface area contributed by atoms with Gasteiger partial charge in [-0.2, -0.15) is 14.6 Å². The van der Waals surface area contributed by atoms with Crippen molar-refractivity contribution in [3.8, 4) is 11.3 Å². The third-order valence-corrected chi connectivity index (χ3v) is 4.50. The predicted molar refractivity (Wildman–Crippen MR) is 102 cm³/mol. The molecule has 0 bridgehead atoms. The second-order valence-corrected chi connectivity index (χ2v) is 6.75. The van der Waals surface area contributed by atoms with Gasteiger partial charge >= 0.3 is 0 Å². The van der Waals surface area contributed by atoms with Gasteiger partial charge in [-0.25, -0.2) is 4.98 Å². The Morgan fingerprint density at radius 1 is 1.15 bits per heavy atom. The van der Waals surface area contributed by atoms with Crippen molar-refractivity contribution >= 4 is 28.3 Å². The van der Waals surface area contributed by atoms with Crippen molar-refractivity contribution in [3.05, 3.63) is 58.2 Å². The molecule has 0 aliphatic heterocycles. The molecule has 8 heteroatoms. The molecule has 4 aromatic rings. The molecule has 3 heterocycles. The Balaban J connectivity index is 2.04. The van der Waals surface area contributed by atoms with Gasteiger partial charge < -0.3 is 9.47 Å². The van der Waals surface area contributed by atoms with E-state index in [4.69, 9.17) is 11.6 Å². The fourth-order valence-electron chi connectivity index (χ4n) is 2.92. The standard InChI is InChI=1S/C18H17ClN6O/c1-23(2)9-10-24-8-7-14-15(17(24)26)16(12-3-5-13(19)6-4-12)25-18(22-14)20-11-21-25/h3-8,11H,9-10H2,1-2H3. The number of aromatic nitrogens is 5. The molecule has 0 fully saturated rings. The van der Waals surface area contributed by atoms with Crippen molar-refractivity contribution in [1.82, 2.24) is 29.0 Å².